The fraction of sp³-hybridized carbons (Fsp3) is 0.600. The first-order chi connectivity index (χ1) is 8.18. The van der Waals surface area contributed by atoms with Crippen LogP contribution in [-0.2, 0) is 0 Å². The molecule has 1 aromatic rings. The zero-order chi connectivity index (χ0) is 12.3. The minimum Gasteiger partial charge on any atom is -0.308 e. The molecule has 17 heavy (non-hydrogen) atoms. The number of nitrogens with one attached hydrogen (secondary N) is 1. The highest BCUT2D eigenvalue weighted by molar-refractivity contribution is 5.20. The van der Waals surface area contributed by atoms with Gasteiger partial charge in [-0.15, -0.1) is 0 Å². The molecule has 0 bridgehead atoms. The third kappa shape index (κ3) is 2.70. The number of hydrogen-bond acceptors (Lipinski definition) is 2. The summed E-state index contributed by atoms with van der Waals surface area (Å²) in [6, 6.07) is 11.4. The van der Waals surface area contributed by atoms with E-state index >= 15 is 0 Å². The van der Waals surface area contributed by atoms with Crippen molar-refractivity contribution in [3.8, 4) is 0 Å². The molecule has 1 fully saturated rings. The van der Waals surface area contributed by atoms with Gasteiger partial charge in [0.15, 0.2) is 0 Å². The predicted octanol–water partition coefficient (Wildman–Crippen LogP) is 2.82. The quantitative estimate of drug-likeness (QED) is 0.862. The Morgan fingerprint density at radius 3 is 2.59 bits per heavy atom. The summed E-state index contributed by atoms with van der Waals surface area (Å²) < 4.78 is 0. The molecule has 2 rings (SSSR count). The number of rotatable bonds is 3. The van der Waals surface area contributed by atoms with E-state index < -0.39 is 0 Å². The smallest absolute Gasteiger partial charge is 0.0473 e. The number of benzene rings is 1. The van der Waals surface area contributed by atoms with Gasteiger partial charge in [0.05, 0.1) is 0 Å². The summed E-state index contributed by atoms with van der Waals surface area (Å²) in [5, 5.41) is 3.72. The van der Waals surface area contributed by atoms with Crippen molar-refractivity contribution >= 4 is 0 Å². The molecule has 0 aromatic heterocycles. The van der Waals surface area contributed by atoms with Crippen molar-refractivity contribution in [1.29, 1.82) is 0 Å². The second-order valence-corrected chi connectivity index (χ2v) is 5.28. The molecule has 2 unspecified atom stereocenters. The molecule has 1 aliphatic rings. The largest absolute Gasteiger partial charge is 0.308 e. The summed E-state index contributed by atoms with van der Waals surface area (Å²) in [6.45, 7) is 10.2. The van der Waals surface area contributed by atoms with Gasteiger partial charge in [-0.1, -0.05) is 44.2 Å². The minimum absolute atomic E-state index is 0.279. The van der Waals surface area contributed by atoms with E-state index in [1.54, 1.807) is 0 Å². The van der Waals surface area contributed by atoms with Gasteiger partial charge < -0.3 is 5.32 Å². The summed E-state index contributed by atoms with van der Waals surface area (Å²) in [7, 11) is 0. The van der Waals surface area contributed by atoms with Crippen molar-refractivity contribution in [2.24, 2.45) is 0 Å². The highest BCUT2D eigenvalue weighted by atomic mass is 15.2. The van der Waals surface area contributed by atoms with Crippen molar-refractivity contribution in [2.45, 2.75) is 38.8 Å². The number of nitrogens with zero attached hydrogens (tertiary/aromatic N) is 1. The third-order valence-corrected chi connectivity index (χ3v) is 4.09. The number of piperazine rings is 1. The van der Waals surface area contributed by atoms with Crippen LogP contribution < -0.4 is 5.32 Å². The predicted molar refractivity (Wildman–Crippen MR) is 73.1 cm³/mol. The lowest BCUT2D eigenvalue weighted by molar-refractivity contribution is 0.0894. The van der Waals surface area contributed by atoms with Gasteiger partial charge in [0.25, 0.3) is 0 Å². The van der Waals surface area contributed by atoms with Crippen molar-refractivity contribution in [1.82, 2.24) is 10.2 Å². The van der Waals surface area contributed by atoms with Crippen LogP contribution >= 0.6 is 0 Å². The lowest BCUT2D eigenvalue weighted by Crippen LogP contribution is -2.59. The van der Waals surface area contributed by atoms with E-state index in [1.807, 2.05) is 0 Å². The molecule has 0 aliphatic carbocycles. The van der Waals surface area contributed by atoms with Gasteiger partial charge in [0, 0.05) is 24.7 Å². The van der Waals surface area contributed by atoms with Gasteiger partial charge >= 0.3 is 0 Å². The van der Waals surface area contributed by atoms with E-state index in [4.69, 9.17) is 0 Å². The van der Waals surface area contributed by atoms with Crippen molar-refractivity contribution in [3.63, 3.8) is 0 Å². The van der Waals surface area contributed by atoms with E-state index in [-0.39, 0.29) is 5.54 Å². The fourth-order valence-corrected chi connectivity index (χ4v) is 2.66. The van der Waals surface area contributed by atoms with Crippen LogP contribution in [0.25, 0.3) is 0 Å². The molecule has 1 aliphatic heterocycles. The van der Waals surface area contributed by atoms with Crippen molar-refractivity contribution < 1.29 is 0 Å². The Morgan fingerprint density at radius 2 is 2.00 bits per heavy atom. The molecule has 0 saturated carbocycles. The second-order valence-electron chi connectivity index (χ2n) is 5.28. The standard InChI is InChI=1S/C15H24N2/c1-4-15(3)12-17(5-2)14(11-16-15)13-9-7-6-8-10-13/h6-10,14,16H,4-5,11-12H2,1-3H3. The van der Waals surface area contributed by atoms with Crippen molar-refractivity contribution in [2.75, 3.05) is 19.6 Å². The minimum atomic E-state index is 0.279. The zero-order valence-corrected chi connectivity index (χ0v) is 11.2. The molecule has 0 radical (unpaired) electrons. The van der Waals surface area contributed by atoms with E-state index in [0.29, 0.717) is 6.04 Å². The Kier molecular flexibility index (Phi) is 3.85. The van der Waals surface area contributed by atoms with Crippen LogP contribution in [0.1, 0.15) is 38.8 Å². The molecule has 1 heterocycles. The van der Waals surface area contributed by atoms with E-state index in [2.05, 4.69) is 61.3 Å². The van der Waals surface area contributed by atoms with Gasteiger partial charge in [-0.25, -0.2) is 0 Å². The first kappa shape index (κ1) is 12.6. The van der Waals surface area contributed by atoms with Crippen molar-refractivity contribution in [3.05, 3.63) is 35.9 Å². The molecule has 2 heteroatoms. The second kappa shape index (κ2) is 5.19. The lowest BCUT2D eigenvalue weighted by atomic mass is 9.91. The van der Waals surface area contributed by atoms with Gasteiger partial charge in [-0.05, 0) is 25.5 Å². The van der Waals surface area contributed by atoms with E-state index in [9.17, 15) is 0 Å². The van der Waals surface area contributed by atoms with E-state index in [1.165, 1.54) is 12.0 Å². The maximum atomic E-state index is 3.72. The summed E-state index contributed by atoms with van der Waals surface area (Å²) in [5.74, 6) is 0. The summed E-state index contributed by atoms with van der Waals surface area (Å²) in [5.41, 5.74) is 1.71. The monoisotopic (exact) mass is 232 g/mol. The summed E-state index contributed by atoms with van der Waals surface area (Å²) >= 11 is 0. The van der Waals surface area contributed by atoms with Crippen LogP contribution in [0, 0.1) is 0 Å². The fourth-order valence-electron chi connectivity index (χ4n) is 2.66. The van der Waals surface area contributed by atoms with Crippen LogP contribution in [0.3, 0.4) is 0 Å². The Bertz CT molecular complexity index is 349. The maximum Gasteiger partial charge on any atom is 0.0473 e. The zero-order valence-electron chi connectivity index (χ0n) is 11.2. The van der Waals surface area contributed by atoms with Crippen LogP contribution in [0.15, 0.2) is 30.3 Å². The first-order valence-electron chi connectivity index (χ1n) is 6.72. The van der Waals surface area contributed by atoms with Gasteiger partial charge in [-0.3, -0.25) is 4.90 Å². The topological polar surface area (TPSA) is 15.3 Å². The molecule has 1 aromatic carbocycles. The SMILES string of the molecule is CCN1CC(C)(CC)NCC1c1ccccc1. The Hall–Kier alpha value is -0.860. The Morgan fingerprint density at radius 1 is 1.29 bits per heavy atom. The summed E-state index contributed by atoms with van der Waals surface area (Å²) in [4.78, 5) is 2.59. The van der Waals surface area contributed by atoms with Crippen LogP contribution in [0.5, 0.6) is 0 Å². The Labute approximate surface area is 105 Å². The highest BCUT2D eigenvalue weighted by Gasteiger charge is 2.34. The third-order valence-electron chi connectivity index (χ3n) is 4.09. The molecule has 94 valence electrons. The maximum absolute atomic E-state index is 3.72. The summed E-state index contributed by atoms with van der Waals surface area (Å²) in [6.07, 6.45) is 1.19. The van der Waals surface area contributed by atoms with Gasteiger partial charge in [-0.2, -0.15) is 0 Å². The highest BCUT2D eigenvalue weighted by Crippen LogP contribution is 2.27. The van der Waals surface area contributed by atoms with Crippen LogP contribution in [0.4, 0.5) is 0 Å². The molecular weight excluding hydrogens is 208 g/mol. The number of hydrogen-bond donors (Lipinski definition) is 1. The van der Waals surface area contributed by atoms with Crippen LogP contribution in [-0.4, -0.2) is 30.1 Å². The average Bonchev–Trinajstić information content (AvgIpc) is 2.39. The molecular formula is C15H24N2. The van der Waals surface area contributed by atoms with E-state index in [0.717, 1.165) is 19.6 Å². The molecule has 1 N–H and O–H groups in total. The van der Waals surface area contributed by atoms with Gasteiger partial charge in [0.2, 0.25) is 0 Å². The molecule has 0 amide bonds. The average molecular weight is 232 g/mol. The van der Waals surface area contributed by atoms with Gasteiger partial charge in [0.1, 0.15) is 0 Å². The Balaban J connectivity index is 2.15. The molecule has 2 nitrogen and oxygen atoms in total. The first-order valence-corrected chi connectivity index (χ1v) is 6.72. The molecule has 1 saturated heterocycles. The molecule has 0 spiro atoms. The van der Waals surface area contributed by atoms with Crippen LogP contribution in [0.2, 0.25) is 0 Å². The lowest BCUT2D eigenvalue weighted by Gasteiger charge is -2.46. The number of likely N-dealkylation sites (N-methyl/N-ethyl adjacent to an activating group) is 1. The normalized spacial score (nSPS) is 30.4. The molecule has 2 atom stereocenters.